The van der Waals surface area contributed by atoms with Gasteiger partial charge in [-0.2, -0.15) is 0 Å². The standard InChI is InChI=1S/C9H7NO3S/c10-6-2-1-4(9(12)13)5-3-7(11)14-8(5)6/h1-3,11H,10H2,(H,12,13). The number of anilines is 1. The molecule has 0 aliphatic heterocycles. The zero-order valence-electron chi connectivity index (χ0n) is 7.02. The minimum Gasteiger partial charge on any atom is -0.499 e. The number of hydrogen-bond acceptors (Lipinski definition) is 4. The molecule has 0 saturated carbocycles. The summed E-state index contributed by atoms with van der Waals surface area (Å²) in [5.74, 6) is -1.02. The Morgan fingerprint density at radius 1 is 1.43 bits per heavy atom. The maximum atomic E-state index is 10.8. The van der Waals surface area contributed by atoms with Crippen LogP contribution in [0.4, 0.5) is 5.69 Å². The molecule has 0 radical (unpaired) electrons. The van der Waals surface area contributed by atoms with Gasteiger partial charge in [-0.15, -0.1) is 0 Å². The first kappa shape index (κ1) is 8.83. The molecule has 1 heterocycles. The molecule has 0 spiro atoms. The number of nitrogen functional groups attached to an aromatic ring is 1. The number of carboxylic acid groups (broad SMARTS) is 1. The third-order valence-electron chi connectivity index (χ3n) is 1.93. The summed E-state index contributed by atoms with van der Waals surface area (Å²) in [6, 6.07) is 4.38. The Balaban J connectivity index is 2.87. The summed E-state index contributed by atoms with van der Waals surface area (Å²) in [4.78, 5) is 10.8. The minimum atomic E-state index is -1.02. The number of rotatable bonds is 1. The smallest absolute Gasteiger partial charge is 0.336 e. The van der Waals surface area contributed by atoms with Crippen molar-refractivity contribution in [3.05, 3.63) is 23.8 Å². The molecule has 1 aromatic heterocycles. The molecule has 4 nitrogen and oxygen atoms in total. The van der Waals surface area contributed by atoms with E-state index in [1.54, 1.807) is 0 Å². The average Bonchev–Trinajstić information content (AvgIpc) is 2.47. The summed E-state index contributed by atoms with van der Waals surface area (Å²) in [7, 11) is 0. The van der Waals surface area contributed by atoms with Gasteiger partial charge in [0.05, 0.1) is 10.3 Å². The van der Waals surface area contributed by atoms with Gasteiger partial charge in [-0.05, 0) is 12.1 Å². The molecule has 0 aliphatic rings. The van der Waals surface area contributed by atoms with Crippen LogP contribution in [0.3, 0.4) is 0 Å². The fourth-order valence-corrected chi connectivity index (χ4v) is 2.17. The normalized spacial score (nSPS) is 10.6. The number of hydrogen-bond donors (Lipinski definition) is 3. The monoisotopic (exact) mass is 209 g/mol. The van der Waals surface area contributed by atoms with Gasteiger partial charge >= 0.3 is 5.97 Å². The molecule has 5 heteroatoms. The lowest BCUT2D eigenvalue weighted by molar-refractivity contribution is 0.0699. The van der Waals surface area contributed by atoms with Gasteiger partial charge in [0, 0.05) is 17.1 Å². The Labute approximate surface area is 83.2 Å². The van der Waals surface area contributed by atoms with Crippen LogP contribution < -0.4 is 5.73 Å². The fourth-order valence-electron chi connectivity index (χ4n) is 1.32. The number of aromatic hydroxyl groups is 1. The Kier molecular flexibility index (Phi) is 1.82. The number of fused-ring (bicyclic) bond motifs is 1. The number of aromatic carboxylic acids is 1. The predicted molar refractivity (Wildman–Crippen MR) is 54.9 cm³/mol. The number of thiophene rings is 1. The summed E-state index contributed by atoms with van der Waals surface area (Å²) < 4.78 is 0.613. The lowest BCUT2D eigenvalue weighted by atomic mass is 10.1. The Morgan fingerprint density at radius 2 is 2.14 bits per heavy atom. The van der Waals surface area contributed by atoms with Crippen LogP contribution in [0.2, 0.25) is 0 Å². The lowest BCUT2D eigenvalue weighted by Crippen LogP contribution is -1.97. The van der Waals surface area contributed by atoms with E-state index in [1.165, 1.54) is 18.2 Å². The molecule has 72 valence electrons. The van der Waals surface area contributed by atoms with Crippen molar-refractivity contribution >= 4 is 33.1 Å². The SMILES string of the molecule is Nc1ccc(C(=O)O)c2cc(O)sc12. The summed E-state index contributed by atoms with van der Waals surface area (Å²) in [6.07, 6.45) is 0. The van der Waals surface area contributed by atoms with Gasteiger partial charge in [-0.1, -0.05) is 11.3 Å². The summed E-state index contributed by atoms with van der Waals surface area (Å²) in [5.41, 5.74) is 6.28. The molecule has 0 amide bonds. The first-order chi connectivity index (χ1) is 6.59. The maximum Gasteiger partial charge on any atom is 0.336 e. The number of benzene rings is 1. The van der Waals surface area contributed by atoms with Crippen molar-refractivity contribution in [1.29, 1.82) is 0 Å². The van der Waals surface area contributed by atoms with Crippen molar-refractivity contribution in [3.8, 4) is 5.06 Å². The van der Waals surface area contributed by atoms with Gasteiger partial charge in [-0.3, -0.25) is 0 Å². The van der Waals surface area contributed by atoms with E-state index in [1.807, 2.05) is 0 Å². The quantitative estimate of drug-likeness (QED) is 0.626. The largest absolute Gasteiger partial charge is 0.499 e. The number of carbonyl (C=O) groups is 1. The second-order valence-corrected chi connectivity index (χ2v) is 3.87. The first-order valence-corrected chi connectivity index (χ1v) is 4.65. The zero-order valence-corrected chi connectivity index (χ0v) is 7.84. The van der Waals surface area contributed by atoms with Gasteiger partial charge in [0.1, 0.15) is 0 Å². The van der Waals surface area contributed by atoms with Crippen molar-refractivity contribution in [2.24, 2.45) is 0 Å². The van der Waals surface area contributed by atoms with E-state index in [0.29, 0.717) is 15.8 Å². The van der Waals surface area contributed by atoms with E-state index in [-0.39, 0.29) is 10.6 Å². The van der Waals surface area contributed by atoms with Crippen molar-refractivity contribution < 1.29 is 15.0 Å². The molecule has 0 saturated heterocycles. The topological polar surface area (TPSA) is 83.6 Å². The molecule has 2 aromatic rings. The van der Waals surface area contributed by atoms with E-state index in [9.17, 15) is 9.90 Å². The molecule has 0 bridgehead atoms. The lowest BCUT2D eigenvalue weighted by Gasteiger charge is -1.98. The van der Waals surface area contributed by atoms with Crippen LogP contribution in [0.15, 0.2) is 18.2 Å². The van der Waals surface area contributed by atoms with Crippen LogP contribution >= 0.6 is 11.3 Å². The van der Waals surface area contributed by atoms with Gasteiger partial charge in [0.15, 0.2) is 5.06 Å². The Bertz CT molecular complexity index is 518. The van der Waals surface area contributed by atoms with Gasteiger partial charge in [-0.25, -0.2) is 4.79 Å². The average molecular weight is 209 g/mol. The van der Waals surface area contributed by atoms with Crippen LogP contribution in [0, 0.1) is 0 Å². The summed E-state index contributed by atoms with van der Waals surface area (Å²) in [5, 5.41) is 18.7. The summed E-state index contributed by atoms with van der Waals surface area (Å²) in [6.45, 7) is 0. The van der Waals surface area contributed by atoms with Gasteiger partial charge in [0.25, 0.3) is 0 Å². The molecule has 4 N–H and O–H groups in total. The molecule has 0 atom stereocenters. The van der Waals surface area contributed by atoms with Gasteiger partial charge < -0.3 is 15.9 Å². The molecule has 14 heavy (non-hydrogen) atoms. The van der Waals surface area contributed by atoms with E-state index < -0.39 is 5.97 Å². The van der Waals surface area contributed by atoms with Crippen molar-refractivity contribution in [2.45, 2.75) is 0 Å². The zero-order chi connectivity index (χ0) is 10.3. The van der Waals surface area contributed by atoms with Crippen molar-refractivity contribution in [1.82, 2.24) is 0 Å². The molecule has 1 aromatic carbocycles. The third kappa shape index (κ3) is 1.18. The molecule has 0 unspecified atom stereocenters. The highest BCUT2D eigenvalue weighted by molar-refractivity contribution is 7.21. The van der Waals surface area contributed by atoms with Crippen LogP contribution in [-0.2, 0) is 0 Å². The second kappa shape index (κ2) is 2.88. The first-order valence-electron chi connectivity index (χ1n) is 3.84. The molecular formula is C9H7NO3S. The molecule has 0 aliphatic carbocycles. The molecular weight excluding hydrogens is 202 g/mol. The Hall–Kier alpha value is -1.75. The highest BCUT2D eigenvalue weighted by Gasteiger charge is 2.12. The van der Waals surface area contributed by atoms with E-state index in [4.69, 9.17) is 10.8 Å². The van der Waals surface area contributed by atoms with E-state index in [0.717, 1.165) is 11.3 Å². The van der Waals surface area contributed by atoms with Gasteiger partial charge in [0.2, 0.25) is 0 Å². The highest BCUT2D eigenvalue weighted by atomic mass is 32.1. The Morgan fingerprint density at radius 3 is 2.79 bits per heavy atom. The van der Waals surface area contributed by atoms with Crippen LogP contribution in [0.5, 0.6) is 5.06 Å². The molecule has 2 rings (SSSR count). The minimum absolute atomic E-state index is 0.0698. The maximum absolute atomic E-state index is 10.8. The van der Waals surface area contributed by atoms with Crippen LogP contribution in [0.1, 0.15) is 10.4 Å². The van der Waals surface area contributed by atoms with Crippen molar-refractivity contribution in [2.75, 3.05) is 5.73 Å². The second-order valence-electron chi connectivity index (χ2n) is 2.83. The van der Waals surface area contributed by atoms with Crippen LogP contribution in [0.25, 0.3) is 10.1 Å². The fraction of sp³-hybridized carbons (Fsp3) is 0. The predicted octanol–water partition coefficient (Wildman–Crippen LogP) is 1.89. The molecule has 0 fully saturated rings. The highest BCUT2D eigenvalue weighted by Crippen LogP contribution is 2.36. The summed E-state index contributed by atoms with van der Waals surface area (Å²) >= 11 is 1.08. The third-order valence-corrected chi connectivity index (χ3v) is 2.92. The number of nitrogens with two attached hydrogens (primary N) is 1. The van der Waals surface area contributed by atoms with Crippen molar-refractivity contribution in [3.63, 3.8) is 0 Å². The van der Waals surface area contributed by atoms with E-state index >= 15 is 0 Å². The number of carboxylic acids is 1. The van der Waals surface area contributed by atoms with E-state index in [2.05, 4.69) is 0 Å². The van der Waals surface area contributed by atoms with Crippen LogP contribution in [-0.4, -0.2) is 16.2 Å².